The molecular weight excluding hydrogens is 652 g/mol. The van der Waals surface area contributed by atoms with Gasteiger partial charge >= 0.3 is 18.3 Å². The zero-order valence-electron chi connectivity index (χ0n) is 24.9. The molecule has 47 heavy (non-hydrogen) atoms. The summed E-state index contributed by atoms with van der Waals surface area (Å²) >= 11 is 0.354. The number of halogens is 6. The highest BCUT2D eigenvalue weighted by Gasteiger charge is 2.76. The van der Waals surface area contributed by atoms with Gasteiger partial charge in [-0.25, -0.2) is 0 Å². The lowest BCUT2D eigenvalue weighted by Crippen LogP contribution is -2.71. The number of carbonyl (C=O) groups is 3. The Labute approximate surface area is 268 Å². The molecule has 3 aliphatic rings. The molecule has 1 N–H and O–H groups in total. The lowest BCUT2D eigenvalue weighted by molar-refractivity contribution is -0.165. The Morgan fingerprint density at radius 1 is 1.09 bits per heavy atom. The van der Waals surface area contributed by atoms with Gasteiger partial charge in [0.1, 0.15) is 16.3 Å². The van der Waals surface area contributed by atoms with Crippen LogP contribution in [0.4, 0.5) is 26.3 Å². The average Bonchev–Trinajstić information content (AvgIpc) is 3.56. The Bertz CT molecular complexity index is 1730. The molecule has 250 valence electrons. The third-order valence-corrected chi connectivity index (χ3v) is 10.4. The van der Waals surface area contributed by atoms with E-state index in [9.17, 15) is 45.8 Å². The van der Waals surface area contributed by atoms with Crippen molar-refractivity contribution in [1.29, 1.82) is 0 Å². The molecule has 2 aliphatic heterocycles. The molecule has 1 spiro atoms. The smallest absolute Gasteiger partial charge is 0.425 e. The number of aliphatic carboxylic acids is 1. The van der Waals surface area contributed by atoms with Crippen LogP contribution in [0.3, 0.4) is 0 Å². The van der Waals surface area contributed by atoms with E-state index in [2.05, 4.69) is 4.98 Å². The number of pyridine rings is 1. The summed E-state index contributed by atoms with van der Waals surface area (Å²) in [5.74, 6) is -4.90. The standard InChI is InChI=1S/C32H29F6N3O5S/c1-2-19-14-29(19)30(46-20-13-24(47-17-20)32(36,37)38,28(45)40-15-18-7-3-4-8-21(18)22(16-40)27(43)44)10-6-12-41(29)26(42)25-23(31(33,34)35)9-5-11-39-25/h3-5,7-9,11,13,17,19,22H,2,6,10,12,14-16H2,1H3,(H,43,44)/t19-,22?,29+,30-/m1/s1. The van der Waals surface area contributed by atoms with Gasteiger partial charge in [0, 0.05) is 43.7 Å². The third-order valence-electron chi connectivity index (χ3n) is 9.49. The molecule has 2 fully saturated rings. The van der Waals surface area contributed by atoms with Crippen LogP contribution in [0.5, 0.6) is 5.75 Å². The number of hydrogen-bond acceptors (Lipinski definition) is 6. The molecule has 1 aliphatic carbocycles. The van der Waals surface area contributed by atoms with Gasteiger partial charge < -0.3 is 19.6 Å². The maximum absolute atomic E-state index is 15.0. The fourth-order valence-corrected chi connectivity index (χ4v) is 8.06. The van der Waals surface area contributed by atoms with Crippen molar-refractivity contribution in [1.82, 2.24) is 14.8 Å². The number of rotatable bonds is 6. The molecule has 2 amide bonds. The molecular formula is C32H29F6N3O5S. The molecule has 15 heteroatoms. The van der Waals surface area contributed by atoms with Gasteiger partial charge in [-0.1, -0.05) is 37.6 Å². The number of carboxylic acids is 1. The van der Waals surface area contributed by atoms with Crippen LogP contribution >= 0.6 is 11.3 Å². The Hall–Kier alpha value is -4.14. The van der Waals surface area contributed by atoms with Gasteiger partial charge in [-0.15, -0.1) is 11.3 Å². The fourth-order valence-electron chi connectivity index (χ4n) is 7.38. The lowest BCUT2D eigenvalue weighted by Gasteiger charge is -2.52. The van der Waals surface area contributed by atoms with Crippen molar-refractivity contribution >= 4 is 29.1 Å². The molecule has 2 aromatic heterocycles. The summed E-state index contributed by atoms with van der Waals surface area (Å²) in [4.78, 5) is 46.7. The van der Waals surface area contributed by atoms with Crippen molar-refractivity contribution in [2.45, 2.75) is 68.6 Å². The van der Waals surface area contributed by atoms with Gasteiger partial charge in [0.2, 0.25) is 5.60 Å². The van der Waals surface area contributed by atoms with E-state index < -0.39 is 69.2 Å². The van der Waals surface area contributed by atoms with Crippen LogP contribution in [0.15, 0.2) is 54.0 Å². The SMILES string of the molecule is CC[C@@H]1C[C@]12N(C(=O)c1ncccc1C(F)(F)F)CCC[C@@]2(Oc1csc(C(F)(F)F)c1)C(=O)N1Cc2ccccc2C(C(=O)O)C1. The van der Waals surface area contributed by atoms with E-state index in [-0.39, 0.29) is 44.6 Å². The normalized spacial score (nSPS) is 25.8. The van der Waals surface area contributed by atoms with E-state index in [1.807, 2.05) is 0 Å². The minimum absolute atomic E-state index is 0.0411. The van der Waals surface area contributed by atoms with E-state index >= 15 is 0 Å². The Balaban J connectivity index is 1.49. The molecule has 4 heterocycles. The van der Waals surface area contributed by atoms with Crippen molar-refractivity contribution in [3.63, 3.8) is 0 Å². The molecule has 8 nitrogen and oxygen atoms in total. The van der Waals surface area contributed by atoms with E-state index in [0.29, 0.717) is 28.9 Å². The van der Waals surface area contributed by atoms with Gasteiger partial charge in [0.25, 0.3) is 11.8 Å². The van der Waals surface area contributed by atoms with Crippen LogP contribution in [0.1, 0.15) is 70.6 Å². The van der Waals surface area contributed by atoms with Crippen molar-refractivity contribution < 1.29 is 50.6 Å². The summed E-state index contributed by atoms with van der Waals surface area (Å²) in [6.45, 7) is 1.39. The maximum atomic E-state index is 15.0. The summed E-state index contributed by atoms with van der Waals surface area (Å²) in [5, 5.41) is 11.2. The van der Waals surface area contributed by atoms with Crippen molar-refractivity contribution in [2.24, 2.45) is 5.92 Å². The number of nitrogens with zero attached hydrogens (tertiary/aromatic N) is 3. The number of carbonyl (C=O) groups excluding carboxylic acids is 2. The number of fused-ring (bicyclic) bond motifs is 1. The second-order valence-electron chi connectivity index (χ2n) is 12.0. The minimum Gasteiger partial charge on any atom is -0.481 e. The van der Waals surface area contributed by atoms with E-state index in [4.69, 9.17) is 4.74 Å². The largest absolute Gasteiger partial charge is 0.481 e. The topological polar surface area (TPSA) is 100 Å². The highest BCUT2D eigenvalue weighted by Crippen LogP contribution is 2.63. The number of thiophene rings is 1. The number of ether oxygens (including phenoxy) is 1. The van der Waals surface area contributed by atoms with E-state index in [1.54, 1.807) is 31.2 Å². The number of benzene rings is 1. The number of hydrogen-bond donors (Lipinski definition) is 1. The summed E-state index contributed by atoms with van der Waals surface area (Å²) in [6.07, 6.45) is -8.09. The third kappa shape index (κ3) is 5.41. The summed E-state index contributed by atoms with van der Waals surface area (Å²) in [7, 11) is 0. The molecule has 0 radical (unpaired) electrons. The number of alkyl halides is 6. The van der Waals surface area contributed by atoms with Crippen LogP contribution < -0.4 is 4.74 Å². The van der Waals surface area contributed by atoms with Gasteiger partial charge in [0.05, 0.1) is 17.0 Å². The molecule has 1 saturated carbocycles. The molecule has 0 bridgehead atoms. The molecule has 1 aromatic carbocycles. The predicted molar refractivity (Wildman–Crippen MR) is 156 cm³/mol. The van der Waals surface area contributed by atoms with Crippen molar-refractivity contribution in [2.75, 3.05) is 13.1 Å². The maximum Gasteiger partial charge on any atom is 0.425 e. The summed E-state index contributed by atoms with van der Waals surface area (Å²) in [5.41, 5.74) is -4.67. The molecule has 1 saturated heterocycles. The van der Waals surface area contributed by atoms with Crippen LogP contribution in [0, 0.1) is 5.92 Å². The van der Waals surface area contributed by atoms with Gasteiger partial charge in [-0.05, 0) is 42.0 Å². The Morgan fingerprint density at radius 3 is 2.47 bits per heavy atom. The van der Waals surface area contributed by atoms with Crippen molar-refractivity contribution in [3.05, 3.63) is 81.3 Å². The molecule has 4 atom stereocenters. The van der Waals surface area contributed by atoms with Crippen molar-refractivity contribution in [3.8, 4) is 5.75 Å². The number of aromatic nitrogens is 1. The zero-order valence-corrected chi connectivity index (χ0v) is 25.7. The second-order valence-corrected chi connectivity index (χ2v) is 13.0. The summed E-state index contributed by atoms with van der Waals surface area (Å²) < 4.78 is 89.3. The van der Waals surface area contributed by atoms with Gasteiger partial charge in [0.15, 0.2) is 0 Å². The van der Waals surface area contributed by atoms with Crippen LogP contribution in [-0.4, -0.2) is 61.9 Å². The first-order valence-corrected chi connectivity index (χ1v) is 15.8. The Morgan fingerprint density at radius 2 is 1.83 bits per heavy atom. The minimum atomic E-state index is -4.92. The summed E-state index contributed by atoms with van der Waals surface area (Å²) in [6, 6.07) is 9.22. The number of carboxylic acid groups (broad SMARTS) is 1. The zero-order chi connectivity index (χ0) is 33.9. The first-order valence-electron chi connectivity index (χ1n) is 14.9. The van der Waals surface area contributed by atoms with Gasteiger partial charge in [-0.3, -0.25) is 19.4 Å². The monoisotopic (exact) mass is 681 g/mol. The van der Waals surface area contributed by atoms with Gasteiger partial charge in [-0.2, -0.15) is 26.3 Å². The van der Waals surface area contributed by atoms with Crippen LogP contribution in [0.2, 0.25) is 0 Å². The second kappa shape index (κ2) is 11.5. The highest BCUT2D eigenvalue weighted by atomic mass is 32.1. The average molecular weight is 682 g/mol. The number of likely N-dealkylation sites (tertiary alicyclic amines) is 1. The number of piperidine rings is 1. The quantitative estimate of drug-likeness (QED) is 0.294. The van der Waals surface area contributed by atoms with Crippen LogP contribution in [0.25, 0.3) is 0 Å². The molecule has 1 unspecified atom stereocenters. The van der Waals surface area contributed by atoms with Crippen LogP contribution in [-0.2, 0) is 28.5 Å². The molecule has 6 rings (SSSR count). The fraction of sp³-hybridized carbons (Fsp3) is 0.438. The first kappa shape index (κ1) is 32.8. The number of amides is 2. The molecule has 3 aromatic rings. The Kier molecular flexibility index (Phi) is 8.04. The highest BCUT2D eigenvalue weighted by molar-refractivity contribution is 7.10. The van der Waals surface area contributed by atoms with E-state index in [0.717, 1.165) is 29.8 Å². The lowest BCUT2D eigenvalue weighted by atomic mass is 9.77. The van der Waals surface area contributed by atoms with E-state index in [1.165, 1.54) is 9.80 Å². The predicted octanol–water partition coefficient (Wildman–Crippen LogP) is 6.61. The first-order chi connectivity index (χ1) is 22.1.